The quantitative estimate of drug-likeness (QED) is 0.515. The van der Waals surface area contributed by atoms with Crippen LogP contribution in [0.5, 0.6) is 0 Å². The number of ether oxygens (including phenoxy) is 1. The number of carbonyl (C=O) groups excluding carboxylic acids is 1. The first-order chi connectivity index (χ1) is 5.95. The van der Waals surface area contributed by atoms with Gasteiger partial charge in [-0.05, 0) is 20.8 Å². The van der Waals surface area contributed by atoms with E-state index in [1.165, 1.54) is 11.8 Å². The summed E-state index contributed by atoms with van der Waals surface area (Å²) in [6.45, 7) is 5.51. The Balaban J connectivity index is 3.48. The Labute approximate surface area is 83.4 Å². The maximum Gasteiger partial charge on any atom is 0.316 e. The number of rotatable bonds is 4. The van der Waals surface area contributed by atoms with Crippen LogP contribution in [0.1, 0.15) is 27.2 Å². The molecule has 0 unspecified atom stereocenters. The Morgan fingerprint density at radius 3 is 2.62 bits per heavy atom. The van der Waals surface area contributed by atoms with Gasteiger partial charge < -0.3 is 4.74 Å². The lowest BCUT2D eigenvalue weighted by atomic mass is 10.2. The molecule has 0 atom stereocenters. The highest BCUT2D eigenvalue weighted by atomic mass is 32.2. The molecule has 0 bridgehead atoms. The fourth-order valence-electron chi connectivity index (χ4n) is 0.644. The summed E-state index contributed by atoms with van der Waals surface area (Å²) >= 11 is 1.43. The van der Waals surface area contributed by atoms with Gasteiger partial charge in [-0.1, -0.05) is 0 Å². The monoisotopic (exact) mass is 201 g/mol. The minimum absolute atomic E-state index is 0.213. The first-order valence-corrected chi connectivity index (χ1v) is 5.28. The highest BCUT2D eigenvalue weighted by molar-refractivity contribution is 7.99. The van der Waals surface area contributed by atoms with E-state index in [2.05, 4.69) is 0 Å². The van der Waals surface area contributed by atoms with Crippen molar-refractivity contribution < 1.29 is 9.53 Å². The summed E-state index contributed by atoms with van der Waals surface area (Å²) in [6.07, 6.45) is 0.480. The topological polar surface area (TPSA) is 50.1 Å². The SMILES string of the molecule is CC(C)(C)OC(=O)CSCCC#N. The van der Waals surface area contributed by atoms with Crippen LogP contribution in [-0.4, -0.2) is 23.1 Å². The van der Waals surface area contributed by atoms with Crippen LogP contribution in [0.2, 0.25) is 0 Å². The van der Waals surface area contributed by atoms with Crippen LogP contribution >= 0.6 is 11.8 Å². The molecule has 0 N–H and O–H groups in total. The number of nitriles is 1. The lowest BCUT2D eigenvalue weighted by molar-refractivity contribution is -0.151. The second-order valence-electron chi connectivity index (χ2n) is 3.55. The van der Waals surface area contributed by atoms with Gasteiger partial charge in [0.05, 0.1) is 11.8 Å². The van der Waals surface area contributed by atoms with E-state index in [-0.39, 0.29) is 5.97 Å². The molecule has 3 nitrogen and oxygen atoms in total. The molecule has 0 aliphatic rings. The molecule has 0 fully saturated rings. The number of hydrogen-bond acceptors (Lipinski definition) is 4. The highest BCUT2D eigenvalue weighted by Crippen LogP contribution is 2.10. The van der Waals surface area contributed by atoms with Crippen molar-refractivity contribution in [1.82, 2.24) is 0 Å². The number of nitrogens with zero attached hydrogens (tertiary/aromatic N) is 1. The van der Waals surface area contributed by atoms with Gasteiger partial charge in [0.2, 0.25) is 0 Å². The summed E-state index contributed by atoms with van der Waals surface area (Å²) in [5.41, 5.74) is -0.410. The largest absolute Gasteiger partial charge is 0.459 e. The molecule has 0 radical (unpaired) electrons. The third-order valence-corrected chi connectivity index (χ3v) is 1.93. The van der Waals surface area contributed by atoms with E-state index in [9.17, 15) is 4.79 Å². The van der Waals surface area contributed by atoms with E-state index < -0.39 is 5.60 Å². The molecule has 0 aromatic heterocycles. The molecular weight excluding hydrogens is 186 g/mol. The van der Waals surface area contributed by atoms with Gasteiger partial charge in [-0.25, -0.2) is 0 Å². The molecule has 74 valence electrons. The standard InChI is InChI=1S/C9H15NO2S/c1-9(2,3)12-8(11)7-13-6-4-5-10/h4,6-7H2,1-3H3. The maximum atomic E-state index is 11.1. The lowest BCUT2D eigenvalue weighted by Crippen LogP contribution is -2.25. The van der Waals surface area contributed by atoms with Crippen molar-refractivity contribution in [2.45, 2.75) is 32.8 Å². The molecule has 13 heavy (non-hydrogen) atoms. The number of thioether (sulfide) groups is 1. The molecule has 0 aliphatic heterocycles. The molecule has 0 rings (SSSR count). The first-order valence-electron chi connectivity index (χ1n) is 4.12. The molecule has 0 aliphatic carbocycles. The molecule has 4 heteroatoms. The molecular formula is C9H15NO2S. The molecule has 0 saturated carbocycles. The van der Waals surface area contributed by atoms with Crippen molar-refractivity contribution in [3.8, 4) is 6.07 Å². The average molecular weight is 201 g/mol. The van der Waals surface area contributed by atoms with Crippen molar-refractivity contribution in [2.75, 3.05) is 11.5 Å². The molecule has 0 saturated heterocycles. The van der Waals surface area contributed by atoms with Gasteiger partial charge in [0.1, 0.15) is 5.60 Å². The second-order valence-corrected chi connectivity index (χ2v) is 4.65. The van der Waals surface area contributed by atoms with E-state index in [1.807, 2.05) is 26.8 Å². The van der Waals surface area contributed by atoms with Crippen LogP contribution in [0.25, 0.3) is 0 Å². The normalized spacial score (nSPS) is 10.6. The molecule has 0 aromatic carbocycles. The average Bonchev–Trinajstić information content (AvgIpc) is 1.94. The number of esters is 1. The Morgan fingerprint density at radius 2 is 2.15 bits per heavy atom. The van der Waals surface area contributed by atoms with Gasteiger partial charge in [-0.15, -0.1) is 11.8 Å². The van der Waals surface area contributed by atoms with Crippen molar-refractivity contribution in [3.63, 3.8) is 0 Å². The minimum atomic E-state index is -0.410. The van der Waals surface area contributed by atoms with Crippen molar-refractivity contribution in [1.29, 1.82) is 5.26 Å². The molecule has 0 aromatic rings. The van der Waals surface area contributed by atoms with Crippen LogP contribution in [0.15, 0.2) is 0 Å². The van der Waals surface area contributed by atoms with Crippen molar-refractivity contribution >= 4 is 17.7 Å². The minimum Gasteiger partial charge on any atom is -0.459 e. The first kappa shape index (κ1) is 12.3. The number of hydrogen-bond donors (Lipinski definition) is 0. The lowest BCUT2D eigenvalue weighted by Gasteiger charge is -2.19. The summed E-state index contributed by atoms with van der Waals surface area (Å²) in [5.74, 6) is 0.810. The highest BCUT2D eigenvalue weighted by Gasteiger charge is 2.15. The fourth-order valence-corrected chi connectivity index (χ4v) is 1.25. The van der Waals surface area contributed by atoms with Crippen LogP contribution in [0.3, 0.4) is 0 Å². The number of carbonyl (C=O) groups is 1. The van der Waals surface area contributed by atoms with Crippen molar-refractivity contribution in [2.24, 2.45) is 0 Å². The zero-order valence-electron chi connectivity index (χ0n) is 8.29. The predicted molar refractivity (Wildman–Crippen MR) is 53.4 cm³/mol. The van der Waals surface area contributed by atoms with Crippen LogP contribution < -0.4 is 0 Å². The second kappa shape index (κ2) is 5.87. The Bertz CT molecular complexity index is 203. The predicted octanol–water partition coefficient (Wildman–Crippen LogP) is 1.97. The van der Waals surface area contributed by atoms with Gasteiger partial charge in [-0.3, -0.25) is 4.79 Å². The zero-order chi connectivity index (χ0) is 10.3. The molecule has 0 heterocycles. The van der Waals surface area contributed by atoms with Crippen LogP contribution in [0, 0.1) is 11.3 Å². The summed E-state index contributed by atoms with van der Waals surface area (Å²) in [7, 11) is 0. The van der Waals surface area contributed by atoms with Gasteiger partial charge in [-0.2, -0.15) is 5.26 Å². The summed E-state index contributed by atoms with van der Waals surface area (Å²) < 4.78 is 5.08. The van der Waals surface area contributed by atoms with Crippen LogP contribution in [0.4, 0.5) is 0 Å². The maximum absolute atomic E-state index is 11.1. The fraction of sp³-hybridized carbons (Fsp3) is 0.778. The van der Waals surface area contributed by atoms with E-state index in [0.29, 0.717) is 17.9 Å². The molecule has 0 spiro atoms. The van der Waals surface area contributed by atoms with Gasteiger partial charge in [0.25, 0.3) is 0 Å². The van der Waals surface area contributed by atoms with Crippen LogP contribution in [-0.2, 0) is 9.53 Å². The van der Waals surface area contributed by atoms with Crippen molar-refractivity contribution in [3.05, 3.63) is 0 Å². The Kier molecular flexibility index (Phi) is 5.56. The molecule has 0 amide bonds. The zero-order valence-corrected chi connectivity index (χ0v) is 9.11. The summed E-state index contributed by atoms with van der Waals surface area (Å²) in [6, 6.07) is 2.02. The van der Waals surface area contributed by atoms with E-state index in [0.717, 1.165) is 0 Å². The third kappa shape index (κ3) is 9.22. The van der Waals surface area contributed by atoms with E-state index in [4.69, 9.17) is 10.00 Å². The third-order valence-electron chi connectivity index (χ3n) is 0.998. The summed E-state index contributed by atoms with van der Waals surface area (Å²) in [4.78, 5) is 11.1. The Morgan fingerprint density at radius 1 is 1.54 bits per heavy atom. The summed E-state index contributed by atoms with van der Waals surface area (Å²) in [5, 5.41) is 8.24. The Hall–Kier alpha value is -0.690. The van der Waals surface area contributed by atoms with Gasteiger partial charge in [0.15, 0.2) is 0 Å². The van der Waals surface area contributed by atoms with Gasteiger partial charge in [0, 0.05) is 12.2 Å². The van der Waals surface area contributed by atoms with E-state index in [1.54, 1.807) is 0 Å². The van der Waals surface area contributed by atoms with Gasteiger partial charge >= 0.3 is 5.97 Å². The van der Waals surface area contributed by atoms with E-state index >= 15 is 0 Å². The smallest absolute Gasteiger partial charge is 0.316 e.